The lowest BCUT2D eigenvalue weighted by atomic mass is 10.0. The monoisotopic (exact) mass is 325 g/mol. The Morgan fingerprint density at radius 1 is 1.48 bits per heavy atom. The van der Waals surface area contributed by atoms with Gasteiger partial charge in [-0.15, -0.1) is 11.8 Å². The first-order valence-corrected chi connectivity index (χ1v) is 8.04. The predicted octanol–water partition coefficient (Wildman–Crippen LogP) is 2.89. The van der Waals surface area contributed by atoms with Crippen LogP contribution in [0.1, 0.15) is 18.6 Å². The number of hydrogen-bond acceptors (Lipinski definition) is 6. The van der Waals surface area contributed by atoms with E-state index >= 15 is 0 Å². The van der Waals surface area contributed by atoms with Gasteiger partial charge in [-0.2, -0.15) is 4.98 Å². The molecular formula is C14H16ClN3O2S. The number of benzene rings is 1. The molecule has 7 heteroatoms. The van der Waals surface area contributed by atoms with Crippen molar-refractivity contribution in [2.24, 2.45) is 0 Å². The molecule has 0 atom stereocenters. The van der Waals surface area contributed by atoms with Crippen molar-refractivity contribution in [3.05, 3.63) is 41.0 Å². The van der Waals surface area contributed by atoms with Gasteiger partial charge in [0.1, 0.15) is 6.61 Å². The normalized spacial score (nSPS) is 16.7. The summed E-state index contributed by atoms with van der Waals surface area (Å²) in [7, 11) is 0. The Hall–Kier alpha value is -1.08. The molecule has 0 radical (unpaired) electrons. The summed E-state index contributed by atoms with van der Waals surface area (Å²) in [5.74, 6) is 1.82. The largest absolute Gasteiger partial charge is 0.363 e. The van der Waals surface area contributed by atoms with Gasteiger partial charge < -0.3 is 14.6 Å². The Labute approximate surface area is 132 Å². The van der Waals surface area contributed by atoms with E-state index in [0.29, 0.717) is 24.1 Å². The number of halogens is 1. The minimum absolute atomic E-state index is 0.107. The lowest BCUT2D eigenvalue weighted by Gasteiger charge is -2.38. The van der Waals surface area contributed by atoms with E-state index in [9.17, 15) is 0 Å². The van der Waals surface area contributed by atoms with Gasteiger partial charge in [0.15, 0.2) is 5.82 Å². The van der Waals surface area contributed by atoms with Crippen molar-refractivity contribution < 1.29 is 9.26 Å². The molecule has 1 fully saturated rings. The molecule has 112 valence electrons. The van der Waals surface area contributed by atoms with Gasteiger partial charge in [0, 0.05) is 23.0 Å². The lowest BCUT2D eigenvalue weighted by Crippen LogP contribution is -2.58. The van der Waals surface area contributed by atoms with E-state index in [1.54, 1.807) is 11.8 Å². The van der Waals surface area contributed by atoms with Crippen molar-refractivity contribution >= 4 is 23.4 Å². The topological polar surface area (TPSA) is 60.2 Å². The predicted molar refractivity (Wildman–Crippen MR) is 81.4 cm³/mol. The molecule has 21 heavy (non-hydrogen) atoms. The summed E-state index contributed by atoms with van der Waals surface area (Å²) in [6, 6.07) is 7.70. The smallest absolute Gasteiger partial charge is 0.252 e. The number of aromatic nitrogens is 2. The molecule has 1 aliphatic heterocycles. The van der Waals surface area contributed by atoms with Gasteiger partial charge in [0.05, 0.1) is 11.4 Å². The Balaban J connectivity index is 1.50. The number of thioether (sulfide) groups is 1. The SMILES string of the molecule is CC1(OCc2nc(CSc3cccc(Cl)c3)no2)CNC1. The second kappa shape index (κ2) is 6.36. The van der Waals surface area contributed by atoms with Gasteiger partial charge >= 0.3 is 0 Å². The summed E-state index contributed by atoms with van der Waals surface area (Å²) in [6.07, 6.45) is 0. The molecule has 0 saturated carbocycles. The molecule has 1 aromatic carbocycles. The van der Waals surface area contributed by atoms with Crippen LogP contribution in [0.5, 0.6) is 0 Å². The first-order valence-electron chi connectivity index (χ1n) is 6.67. The van der Waals surface area contributed by atoms with Crippen molar-refractivity contribution in [3.63, 3.8) is 0 Å². The van der Waals surface area contributed by atoms with Gasteiger partial charge in [0.2, 0.25) is 0 Å². The molecule has 2 heterocycles. The Bertz CT molecular complexity index is 616. The van der Waals surface area contributed by atoms with Crippen LogP contribution in [-0.4, -0.2) is 28.8 Å². The maximum absolute atomic E-state index is 5.95. The maximum atomic E-state index is 5.95. The summed E-state index contributed by atoms with van der Waals surface area (Å²) in [5, 5.41) is 7.87. The van der Waals surface area contributed by atoms with E-state index in [0.717, 1.165) is 23.0 Å². The Morgan fingerprint density at radius 2 is 2.33 bits per heavy atom. The summed E-state index contributed by atoms with van der Waals surface area (Å²) in [6.45, 7) is 4.14. The van der Waals surface area contributed by atoms with Crippen LogP contribution in [0.4, 0.5) is 0 Å². The highest BCUT2D eigenvalue weighted by Crippen LogP contribution is 2.24. The van der Waals surface area contributed by atoms with Crippen molar-refractivity contribution in [2.45, 2.75) is 29.8 Å². The van der Waals surface area contributed by atoms with Crippen molar-refractivity contribution in [1.29, 1.82) is 0 Å². The van der Waals surface area contributed by atoms with Crippen LogP contribution in [0, 0.1) is 0 Å². The summed E-state index contributed by atoms with van der Waals surface area (Å²) >= 11 is 7.57. The van der Waals surface area contributed by atoms with E-state index in [1.807, 2.05) is 24.3 Å². The molecule has 3 rings (SSSR count). The molecule has 0 amide bonds. The molecule has 5 nitrogen and oxygen atoms in total. The maximum Gasteiger partial charge on any atom is 0.252 e. The first kappa shape index (κ1) is 14.8. The van der Waals surface area contributed by atoms with E-state index in [-0.39, 0.29) is 5.60 Å². The number of nitrogens with zero attached hydrogens (tertiary/aromatic N) is 2. The van der Waals surface area contributed by atoms with E-state index in [4.69, 9.17) is 20.9 Å². The first-order chi connectivity index (χ1) is 10.1. The molecule has 1 saturated heterocycles. The lowest BCUT2D eigenvalue weighted by molar-refractivity contribution is -0.0841. The van der Waals surface area contributed by atoms with E-state index in [2.05, 4.69) is 22.4 Å². The van der Waals surface area contributed by atoms with Gasteiger partial charge in [0.25, 0.3) is 5.89 Å². The minimum Gasteiger partial charge on any atom is -0.363 e. The highest BCUT2D eigenvalue weighted by molar-refractivity contribution is 7.98. The average Bonchev–Trinajstić information content (AvgIpc) is 2.89. The zero-order valence-corrected chi connectivity index (χ0v) is 13.2. The van der Waals surface area contributed by atoms with Gasteiger partial charge in [-0.05, 0) is 25.1 Å². The highest BCUT2D eigenvalue weighted by atomic mass is 35.5. The molecule has 1 aromatic heterocycles. The zero-order chi connectivity index (χ0) is 14.7. The van der Waals surface area contributed by atoms with Gasteiger partial charge in [-0.3, -0.25) is 0 Å². The van der Waals surface area contributed by atoms with E-state index in [1.165, 1.54) is 0 Å². The fourth-order valence-electron chi connectivity index (χ4n) is 1.93. The third-order valence-corrected chi connectivity index (χ3v) is 4.44. The highest BCUT2D eigenvalue weighted by Gasteiger charge is 2.32. The average molecular weight is 326 g/mol. The number of ether oxygens (including phenoxy) is 1. The Kier molecular flexibility index (Phi) is 4.49. The van der Waals surface area contributed by atoms with Crippen molar-refractivity contribution in [2.75, 3.05) is 13.1 Å². The van der Waals surface area contributed by atoms with E-state index < -0.39 is 0 Å². The van der Waals surface area contributed by atoms with Gasteiger partial charge in [-0.1, -0.05) is 22.8 Å². The minimum atomic E-state index is -0.107. The van der Waals surface area contributed by atoms with Gasteiger partial charge in [-0.25, -0.2) is 0 Å². The molecule has 1 aliphatic rings. The molecule has 0 bridgehead atoms. The van der Waals surface area contributed by atoms with Crippen LogP contribution >= 0.6 is 23.4 Å². The molecule has 0 unspecified atom stereocenters. The third-order valence-electron chi connectivity index (χ3n) is 3.22. The Morgan fingerprint density at radius 3 is 3.05 bits per heavy atom. The third kappa shape index (κ3) is 3.97. The van der Waals surface area contributed by atoms with Crippen molar-refractivity contribution in [3.8, 4) is 0 Å². The molecular weight excluding hydrogens is 310 g/mol. The summed E-state index contributed by atoms with van der Waals surface area (Å²) in [4.78, 5) is 5.41. The van der Waals surface area contributed by atoms with Crippen LogP contribution in [0.15, 0.2) is 33.7 Å². The van der Waals surface area contributed by atoms with Crippen molar-refractivity contribution in [1.82, 2.24) is 15.5 Å². The fourth-order valence-corrected chi connectivity index (χ4v) is 2.98. The van der Waals surface area contributed by atoms with Crippen LogP contribution in [0.2, 0.25) is 5.02 Å². The quantitative estimate of drug-likeness (QED) is 0.824. The number of hydrogen-bond donors (Lipinski definition) is 1. The molecule has 0 spiro atoms. The van der Waals surface area contributed by atoms with Crippen LogP contribution in [-0.2, 0) is 17.1 Å². The molecule has 2 aromatic rings. The second-order valence-corrected chi connectivity index (χ2v) is 6.68. The second-order valence-electron chi connectivity index (χ2n) is 5.19. The summed E-state index contributed by atoms with van der Waals surface area (Å²) < 4.78 is 11.0. The number of rotatable bonds is 6. The standard InChI is InChI=1S/C14H16ClN3O2S/c1-14(8-16-9-14)19-6-13-17-12(18-20-13)7-21-11-4-2-3-10(15)5-11/h2-5,16H,6-9H2,1H3. The fraction of sp³-hybridized carbons (Fsp3) is 0.429. The summed E-state index contributed by atoms with van der Waals surface area (Å²) in [5.41, 5.74) is -0.107. The number of nitrogens with one attached hydrogen (secondary N) is 1. The van der Waals surface area contributed by atoms with Crippen LogP contribution in [0.3, 0.4) is 0 Å². The molecule has 1 N–H and O–H groups in total. The zero-order valence-electron chi connectivity index (χ0n) is 11.6. The molecule has 0 aliphatic carbocycles. The van der Waals surface area contributed by atoms with Crippen LogP contribution < -0.4 is 5.32 Å². The van der Waals surface area contributed by atoms with Crippen LogP contribution in [0.25, 0.3) is 0 Å².